The number of nitrogens with zero attached hydrogens (tertiary/aromatic N) is 2. The predicted octanol–water partition coefficient (Wildman–Crippen LogP) is 6.61. The highest BCUT2D eigenvalue weighted by Crippen LogP contribution is 2.15. The zero-order valence-electron chi connectivity index (χ0n) is 27.2. The predicted molar refractivity (Wildman–Crippen MR) is 196 cm³/mol. The molecule has 4 N–H and O–H groups in total. The van der Waals surface area contributed by atoms with E-state index >= 15 is 0 Å². The first kappa shape index (κ1) is 33.3. The van der Waals surface area contributed by atoms with Crippen LogP contribution in [0.25, 0.3) is 0 Å². The van der Waals surface area contributed by atoms with Crippen molar-refractivity contribution < 1.29 is 9.59 Å². The smallest absolute Gasteiger partial charge is 0.255 e. The van der Waals surface area contributed by atoms with Crippen molar-refractivity contribution in [2.75, 3.05) is 37.8 Å². The van der Waals surface area contributed by atoms with Crippen LogP contribution >= 0.6 is 0 Å². The van der Waals surface area contributed by atoms with Crippen LogP contribution in [0.1, 0.15) is 43.0 Å². The Labute approximate surface area is 282 Å². The van der Waals surface area contributed by atoms with Gasteiger partial charge in [0, 0.05) is 60.8 Å². The Bertz CT molecular complexity index is 1700. The molecular weight excluding hydrogens is 596 g/mol. The summed E-state index contributed by atoms with van der Waals surface area (Å²) in [6, 6.07) is 42.3. The lowest BCUT2D eigenvalue weighted by molar-refractivity contribution is 0.101. The van der Waals surface area contributed by atoms with E-state index in [4.69, 9.17) is 0 Å². The molecule has 8 nitrogen and oxygen atoms in total. The fourth-order valence-electron chi connectivity index (χ4n) is 5.16. The molecule has 8 heteroatoms. The summed E-state index contributed by atoms with van der Waals surface area (Å²) in [7, 11) is 3.51. The van der Waals surface area contributed by atoms with Gasteiger partial charge in [-0.3, -0.25) is 19.6 Å². The van der Waals surface area contributed by atoms with E-state index in [0.29, 0.717) is 22.5 Å². The van der Waals surface area contributed by atoms with Crippen molar-refractivity contribution in [1.29, 1.82) is 0 Å². The molecule has 0 radical (unpaired) electrons. The van der Waals surface area contributed by atoms with Gasteiger partial charge in [-0.15, -0.1) is 0 Å². The number of amides is 2. The summed E-state index contributed by atoms with van der Waals surface area (Å²) in [4.78, 5) is 34.6. The Kier molecular flexibility index (Phi) is 11.8. The molecule has 0 saturated carbocycles. The summed E-state index contributed by atoms with van der Waals surface area (Å²) in [5, 5.41) is 12.6. The molecule has 0 bridgehead atoms. The van der Waals surface area contributed by atoms with Crippen LogP contribution in [-0.2, 0) is 12.8 Å². The SMILES string of the molecule is CN=C(NCCc1ccccc1)c1ccc(NC(=O)c2ccc(C(=O)Nc3ccc(C(=NC)NCCc4ccccc4)cc3)cc2)cc1. The Morgan fingerprint density at radius 1 is 0.458 bits per heavy atom. The molecule has 0 unspecified atom stereocenters. The Balaban J connectivity index is 1.09. The van der Waals surface area contributed by atoms with Crippen LogP contribution < -0.4 is 21.3 Å². The van der Waals surface area contributed by atoms with Crippen LogP contribution in [0.2, 0.25) is 0 Å². The molecule has 0 aliphatic heterocycles. The second-order valence-corrected chi connectivity index (χ2v) is 11.1. The second kappa shape index (κ2) is 17.1. The summed E-state index contributed by atoms with van der Waals surface area (Å²) >= 11 is 0. The van der Waals surface area contributed by atoms with E-state index in [0.717, 1.165) is 48.7 Å². The van der Waals surface area contributed by atoms with Gasteiger partial charge in [-0.1, -0.05) is 60.7 Å². The number of anilines is 2. The maximum atomic E-state index is 12.9. The van der Waals surface area contributed by atoms with Gasteiger partial charge in [-0.25, -0.2) is 0 Å². The first-order valence-electron chi connectivity index (χ1n) is 15.9. The molecule has 242 valence electrons. The number of aliphatic imine (C=N–C) groups is 2. The Hall–Kier alpha value is -6.02. The lowest BCUT2D eigenvalue weighted by Crippen LogP contribution is -2.26. The molecule has 5 aromatic carbocycles. The number of benzene rings is 5. The van der Waals surface area contributed by atoms with Crippen LogP contribution in [0.5, 0.6) is 0 Å². The Morgan fingerprint density at radius 2 is 0.792 bits per heavy atom. The molecular formula is C40H40N6O2. The first-order valence-corrected chi connectivity index (χ1v) is 15.9. The highest BCUT2D eigenvalue weighted by molar-refractivity contribution is 6.07. The lowest BCUT2D eigenvalue weighted by Gasteiger charge is -2.12. The van der Waals surface area contributed by atoms with Gasteiger partial charge in [0.2, 0.25) is 0 Å². The normalized spacial score (nSPS) is 11.5. The number of rotatable bonds is 12. The minimum Gasteiger partial charge on any atom is -0.370 e. The molecule has 0 saturated heterocycles. The van der Waals surface area contributed by atoms with Gasteiger partial charge >= 0.3 is 0 Å². The van der Waals surface area contributed by atoms with Gasteiger partial charge in [0.15, 0.2) is 0 Å². The van der Waals surface area contributed by atoms with Crippen LogP contribution in [0.3, 0.4) is 0 Å². The van der Waals surface area contributed by atoms with Crippen molar-refractivity contribution in [1.82, 2.24) is 10.6 Å². The van der Waals surface area contributed by atoms with Gasteiger partial charge in [-0.2, -0.15) is 0 Å². The maximum Gasteiger partial charge on any atom is 0.255 e. The molecule has 0 spiro atoms. The van der Waals surface area contributed by atoms with Gasteiger partial charge in [-0.05, 0) is 96.8 Å². The first-order chi connectivity index (χ1) is 23.5. The second-order valence-electron chi connectivity index (χ2n) is 11.1. The van der Waals surface area contributed by atoms with E-state index in [1.165, 1.54) is 11.1 Å². The van der Waals surface area contributed by atoms with Crippen LogP contribution in [0.15, 0.2) is 143 Å². The van der Waals surface area contributed by atoms with Gasteiger partial charge < -0.3 is 21.3 Å². The quantitative estimate of drug-likeness (QED) is 0.0914. The minimum absolute atomic E-state index is 0.263. The zero-order chi connectivity index (χ0) is 33.6. The third-order valence-electron chi connectivity index (χ3n) is 7.79. The molecule has 2 amide bonds. The number of nitrogens with one attached hydrogen (secondary N) is 4. The Morgan fingerprint density at radius 3 is 1.12 bits per heavy atom. The van der Waals surface area contributed by atoms with E-state index in [1.807, 2.05) is 84.9 Å². The van der Waals surface area contributed by atoms with Crippen molar-refractivity contribution in [2.45, 2.75) is 12.8 Å². The van der Waals surface area contributed by atoms with Crippen molar-refractivity contribution in [3.63, 3.8) is 0 Å². The summed E-state index contributed by atoms with van der Waals surface area (Å²) in [6.07, 6.45) is 1.79. The number of amidine groups is 2. The van der Waals surface area contributed by atoms with E-state index in [1.54, 1.807) is 38.4 Å². The lowest BCUT2D eigenvalue weighted by atomic mass is 10.1. The van der Waals surface area contributed by atoms with E-state index in [9.17, 15) is 9.59 Å². The van der Waals surface area contributed by atoms with E-state index in [2.05, 4.69) is 55.5 Å². The average molecular weight is 637 g/mol. The summed E-state index contributed by atoms with van der Waals surface area (Å²) in [6.45, 7) is 1.52. The maximum absolute atomic E-state index is 12.9. The van der Waals surface area contributed by atoms with Crippen molar-refractivity contribution in [3.8, 4) is 0 Å². The number of carbonyl (C=O) groups is 2. The molecule has 5 rings (SSSR count). The van der Waals surface area contributed by atoms with Crippen LogP contribution in [0, 0.1) is 0 Å². The topological polar surface area (TPSA) is 107 Å². The molecule has 0 heterocycles. The summed E-state index contributed by atoms with van der Waals surface area (Å²) in [5.74, 6) is 1.06. The molecule has 0 aliphatic rings. The van der Waals surface area contributed by atoms with Crippen LogP contribution in [0.4, 0.5) is 11.4 Å². The summed E-state index contributed by atoms with van der Waals surface area (Å²) in [5.41, 5.74) is 6.61. The third-order valence-corrected chi connectivity index (χ3v) is 7.79. The molecule has 48 heavy (non-hydrogen) atoms. The molecule has 5 aromatic rings. The highest BCUT2D eigenvalue weighted by Gasteiger charge is 2.11. The molecule has 0 aliphatic carbocycles. The fraction of sp³-hybridized carbons (Fsp3) is 0.150. The number of carbonyl (C=O) groups excluding carboxylic acids is 2. The van der Waals surface area contributed by atoms with E-state index in [-0.39, 0.29) is 11.8 Å². The minimum atomic E-state index is -0.263. The zero-order valence-corrected chi connectivity index (χ0v) is 27.2. The largest absolute Gasteiger partial charge is 0.370 e. The van der Waals surface area contributed by atoms with Crippen molar-refractivity contribution >= 4 is 34.9 Å². The standard InChI is InChI=1S/C40H40N6O2/c1-41-37(43-27-25-29-9-5-3-6-10-29)31-17-21-35(22-18-31)45-39(47)33-13-15-34(16-14-33)40(48)46-36-23-19-32(20-24-36)38(42-2)44-28-26-30-11-7-4-8-12-30/h3-24H,25-28H2,1-2H3,(H,41,43)(H,42,44)(H,45,47)(H,46,48). The third kappa shape index (κ3) is 9.50. The molecule has 0 aromatic heterocycles. The highest BCUT2D eigenvalue weighted by atomic mass is 16.2. The van der Waals surface area contributed by atoms with Crippen molar-refractivity contribution in [3.05, 3.63) is 167 Å². The van der Waals surface area contributed by atoms with Gasteiger partial charge in [0.05, 0.1) is 0 Å². The summed E-state index contributed by atoms with van der Waals surface area (Å²) < 4.78 is 0. The number of hydrogen-bond donors (Lipinski definition) is 4. The van der Waals surface area contributed by atoms with Gasteiger partial charge in [0.1, 0.15) is 11.7 Å². The van der Waals surface area contributed by atoms with Crippen LogP contribution in [-0.4, -0.2) is 50.7 Å². The van der Waals surface area contributed by atoms with Gasteiger partial charge in [0.25, 0.3) is 11.8 Å². The average Bonchev–Trinajstić information content (AvgIpc) is 3.14. The fourth-order valence-corrected chi connectivity index (χ4v) is 5.16. The molecule has 0 fully saturated rings. The monoisotopic (exact) mass is 636 g/mol. The molecule has 0 atom stereocenters. The van der Waals surface area contributed by atoms with Crippen molar-refractivity contribution in [2.24, 2.45) is 9.98 Å². The number of hydrogen-bond acceptors (Lipinski definition) is 4. The van der Waals surface area contributed by atoms with E-state index < -0.39 is 0 Å².